The van der Waals surface area contributed by atoms with Crippen molar-refractivity contribution >= 4 is 93.7 Å². The summed E-state index contributed by atoms with van der Waals surface area (Å²) in [7, 11) is 0. The molecule has 0 unspecified atom stereocenters. The molecule has 2 nitrogen and oxygen atoms in total. The number of aromatic nitrogens is 2. The van der Waals surface area contributed by atoms with E-state index >= 15 is 0 Å². The van der Waals surface area contributed by atoms with Crippen LogP contribution in [0, 0.1) is 0 Å². The van der Waals surface area contributed by atoms with Crippen molar-refractivity contribution in [3.63, 3.8) is 0 Å². The Morgan fingerprint density at radius 1 is 0.488 bits per heavy atom. The highest BCUT2D eigenvalue weighted by Crippen LogP contribution is 2.47. The monoisotopic (exact) mass is 584 g/mol. The topological polar surface area (TPSA) is 17.3 Å². The van der Waals surface area contributed by atoms with Gasteiger partial charge in [-0.3, -0.25) is 4.40 Å². The number of hydrogen-bond donors (Lipinski definition) is 0. The molecule has 0 saturated heterocycles. The van der Waals surface area contributed by atoms with Crippen molar-refractivity contribution in [2.45, 2.75) is 0 Å². The Hall–Kier alpha value is -4.82. The van der Waals surface area contributed by atoms with E-state index in [0.717, 1.165) is 27.6 Å². The average Bonchev–Trinajstić information content (AvgIpc) is 3.47. The van der Waals surface area contributed by atoms with E-state index in [-0.39, 0.29) is 0 Å². The summed E-state index contributed by atoms with van der Waals surface area (Å²) in [6.07, 6.45) is 0. The number of hydrogen-bond acceptors (Lipinski definition) is 2. The number of benzene rings is 7. The summed E-state index contributed by atoms with van der Waals surface area (Å²) in [5.41, 5.74) is 4.24. The van der Waals surface area contributed by atoms with Crippen LogP contribution in [0.5, 0.6) is 0 Å². The van der Waals surface area contributed by atoms with E-state index in [9.17, 15) is 0 Å². The molecule has 9 rings (SSSR count). The molecular weight excluding hydrogens is 559 g/mol. The molecule has 0 aliphatic rings. The van der Waals surface area contributed by atoms with Crippen LogP contribution in [0.15, 0.2) is 152 Å². The molecule has 0 amide bonds. The van der Waals surface area contributed by atoms with E-state index in [0.29, 0.717) is 0 Å². The first kappa shape index (κ1) is 24.7. The van der Waals surface area contributed by atoms with E-state index in [4.69, 9.17) is 16.8 Å². The minimum Gasteiger partial charge on any atom is -0.292 e. The van der Waals surface area contributed by atoms with Crippen molar-refractivity contribution in [1.29, 1.82) is 0 Å². The molecule has 0 bridgehead atoms. The Kier molecular flexibility index (Phi) is 5.38. The maximum absolute atomic E-state index is 6.92. The highest BCUT2D eigenvalue weighted by molar-refractivity contribution is 8.25. The minimum absolute atomic E-state index is 0.972. The zero-order valence-electron chi connectivity index (χ0n) is 23.2. The van der Waals surface area contributed by atoms with Crippen LogP contribution in [-0.4, -0.2) is 9.38 Å². The first-order valence-corrected chi connectivity index (χ1v) is 17.3. The van der Waals surface area contributed by atoms with E-state index in [1.165, 1.54) is 48.2 Å². The van der Waals surface area contributed by atoms with Crippen LogP contribution in [0.25, 0.3) is 59.9 Å². The van der Waals surface area contributed by atoms with Gasteiger partial charge in [-0.15, -0.1) is 0 Å². The lowest BCUT2D eigenvalue weighted by Gasteiger charge is -2.26. The molecule has 0 atom stereocenters. The number of imidazole rings is 1. The minimum atomic E-state index is -2.44. The van der Waals surface area contributed by atoms with Gasteiger partial charge in [0.25, 0.3) is 0 Å². The van der Waals surface area contributed by atoms with E-state index in [2.05, 4.69) is 156 Å². The summed E-state index contributed by atoms with van der Waals surface area (Å²) in [5, 5.41) is 12.0. The molecule has 0 saturated carbocycles. The second kappa shape index (κ2) is 9.34. The number of para-hydroxylation sites is 2. The zero-order chi connectivity index (χ0) is 28.5. The van der Waals surface area contributed by atoms with Crippen LogP contribution >= 0.6 is 6.04 Å². The van der Waals surface area contributed by atoms with Crippen molar-refractivity contribution in [2.24, 2.45) is 0 Å². The van der Waals surface area contributed by atoms with Gasteiger partial charge < -0.3 is 0 Å². The van der Waals surface area contributed by atoms with Crippen LogP contribution in [0.4, 0.5) is 0 Å². The fourth-order valence-corrected chi connectivity index (χ4v) is 10.9. The molecule has 0 N–H and O–H groups in total. The third-order valence-corrected chi connectivity index (χ3v) is 13.7. The van der Waals surface area contributed by atoms with Gasteiger partial charge in [0.1, 0.15) is 5.65 Å². The average molecular weight is 585 g/mol. The quantitative estimate of drug-likeness (QED) is 0.117. The molecule has 0 fully saturated rings. The molecule has 9 aromatic rings. The Morgan fingerprint density at radius 3 is 1.86 bits per heavy atom. The lowest BCUT2D eigenvalue weighted by Crippen LogP contribution is -2.25. The van der Waals surface area contributed by atoms with Gasteiger partial charge in [0.15, 0.2) is 0 Å². The molecule has 43 heavy (non-hydrogen) atoms. The number of nitrogens with zero attached hydrogens (tertiary/aromatic N) is 2. The van der Waals surface area contributed by atoms with Crippen molar-refractivity contribution < 1.29 is 0 Å². The summed E-state index contributed by atoms with van der Waals surface area (Å²) < 4.78 is 2.37. The Balaban J connectivity index is 1.56. The van der Waals surface area contributed by atoms with E-state index in [1.807, 2.05) is 0 Å². The van der Waals surface area contributed by atoms with Crippen LogP contribution in [0.2, 0.25) is 0 Å². The molecule has 0 spiro atoms. The fourth-order valence-electron chi connectivity index (χ4n) is 6.85. The third-order valence-electron chi connectivity index (χ3n) is 8.78. The van der Waals surface area contributed by atoms with Crippen LogP contribution in [-0.2, 0) is 11.8 Å². The van der Waals surface area contributed by atoms with Crippen molar-refractivity contribution in [3.05, 3.63) is 152 Å². The number of pyridine rings is 1. The predicted molar refractivity (Wildman–Crippen MR) is 189 cm³/mol. The summed E-state index contributed by atoms with van der Waals surface area (Å²) in [6.45, 7) is 0. The van der Waals surface area contributed by atoms with Crippen LogP contribution in [0.3, 0.4) is 0 Å². The third kappa shape index (κ3) is 3.53. The second-order valence-electron chi connectivity index (χ2n) is 11.1. The normalized spacial score (nSPS) is 12.3. The molecule has 202 valence electrons. The van der Waals surface area contributed by atoms with Gasteiger partial charge in [-0.05, 0) is 56.4 Å². The molecule has 0 aliphatic heterocycles. The van der Waals surface area contributed by atoms with Gasteiger partial charge in [-0.25, -0.2) is 4.98 Å². The molecule has 4 heteroatoms. The first-order chi connectivity index (χ1) is 21.2. The summed E-state index contributed by atoms with van der Waals surface area (Å²) in [5.74, 6) is 0. The van der Waals surface area contributed by atoms with Gasteiger partial charge >= 0.3 is 0 Å². The van der Waals surface area contributed by atoms with Gasteiger partial charge in [-0.2, -0.15) is 0 Å². The molecular formula is C39H25N2PS. The van der Waals surface area contributed by atoms with Gasteiger partial charge in [0.05, 0.1) is 16.6 Å². The van der Waals surface area contributed by atoms with Crippen molar-refractivity contribution in [3.8, 4) is 0 Å². The number of fused-ring (bicyclic) bond motifs is 11. The smallest absolute Gasteiger partial charge is 0.147 e. The largest absolute Gasteiger partial charge is 0.292 e. The molecule has 0 aliphatic carbocycles. The van der Waals surface area contributed by atoms with Gasteiger partial charge in [-0.1, -0.05) is 139 Å². The lowest BCUT2D eigenvalue weighted by molar-refractivity contribution is 1.32. The summed E-state index contributed by atoms with van der Waals surface area (Å²) in [6, 6.07) is 52.0. The van der Waals surface area contributed by atoms with Crippen molar-refractivity contribution in [1.82, 2.24) is 9.38 Å². The standard InChI is InChI=1S/C39H25N2PS/c43-42(29-15-3-1-4-16-29,30-17-5-2-6-18-30)36-21-11-14-26-22-23-31-32-24-27-12-7-8-13-28(27)25-35(32)41-34-20-10-9-19-33(34)40-39(41)38(31)37(26)36/h1-25H. The highest BCUT2D eigenvalue weighted by atomic mass is 32.4. The summed E-state index contributed by atoms with van der Waals surface area (Å²) in [4.78, 5) is 5.33. The number of rotatable bonds is 3. The van der Waals surface area contributed by atoms with Gasteiger partial charge in [0, 0.05) is 27.5 Å². The Morgan fingerprint density at radius 2 is 1.12 bits per heavy atom. The fraction of sp³-hybridized carbons (Fsp3) is 0. The molecule has 2 heterocycles. The van der Waals surface area contributed by atoms with E-state index < -0.39 is 6.04 Å². The van der Waals surface area contributed by atoms with Crippen LogP contribution < -0.4 is 15.9 Å². The zero-order valence-corrected chi connectivity index (χ0v) is 24.9. The predicted octanol–water partition coefficient (Wildman–Crippen LogP) is 8.86. The second-order valence-corrected chi connectivity index (χ2v) is 15.5. The highest BCUT2D eigenvalue weighted by Gasteiger charge is 2.28. The first-order valence-electron chi connectivity index (χ1n) is 14.5. The maximum atomic E-state index is 6.92. The molecule has 2 aromatic heterocycles. The molecule has 7 aromatic carbocycles. The molecule has 0 radical (unpaired) electrons. The van der Waals surface area contributed by atoms with Crippen LogP contribution in [0.1, 0.15) is 0 Å². The Bertz CT molecular complexity index is 2540. The Labute approximate surface area is 253 Å². The van der Waals surface area contributed by atoms with E-state index in [1.54, 1.807) is 0 Å². The summed E-state index contributed by atoms with van der Waals surface area (Å²) >= 11 is 6.92. The lowest BCUT2D eigenvalue weighted by atomic mass is 9.97. The van der Waals surface area contributed by atoms with Crippen molar-refractivity contribution in [2.75, 3.05) is 0 Å². The maximum Gasteiger partial charge on any atom is 0.147 e. The SMILES string of the molecule is S=P(c1ccccc1)(c1ccccc1)c1cccc2ccc3c4cc5ccccc5cc4n4c5ccccc5nc4c3c12. The van der Waals surface area contributed by atoms with Gasteiger partial charge in [0.2, 0.25) is 0 Å².